The average Bonchev–Trinajstić information content (AvgIpc) is 2.67. The van der Waals surface area contributed by atoms with Crippen molar-refractivity contribution in [3.05, 3.63) is 0 Å². The van der Waals surface area contributed by atoms with Crippen molar-refractivity contribution in [2.45, 2.75) is 31.7 Å². The lowest BCUT2D eigenvalue weighted by atomic mass is 9.87. The fourth-order valence-electron chi connectivity index (χ4n) is 2.94. The van der Waals surface area contributed by atoms with Crippen LogP contribution in [0.3, 0.4) is 0 Å². The number of nitrogens with one attached hydrogen (secondary N) is 1. The molecule has 0 bridgehead atoms. The van der Waals surface area contributed by atoms with Gasteiger partial charge >= 0.3 is 5.97 Å². The Morgan fingerprint density at radius 1 is 1.33 bits per heavy atom. The van der Waals surface area contributed by atoms with E-state index in [0.29, 0.717) is 13.2 Å². The molecular weight excluding hydrogens is 232 g/mol. The SMILES string of the molecule is CCOC(=O)C1(N2CCNCC2)CCCOCC1. The molecule has 1 atom stereocenters. The molecule has 2 heterocycles. The van der Waals surface area contributed by atoms with Gasteiger partial charge < -0.3 is 14.8 Å². The van der Waals surface area contributed by atoms with Gasteiger partial charge in [0.05, 0.1) is 6.61 Å². The standard InChI is InChI=1S/C13H24N2O3/c1-2-18-12(16)13(4-3-10-17-11-5-13)15-8-6-14-7-9-15/h14H,2-11H2,1H3. The molecule has 0 saturated carbocycles. The molecule has 1 N–H and O–H groups in total. The summed E-state index contributed by atoms with van der Waals surface area (Å²) in [4.78, 5) is 14.7. The number of ether oxygens (including phenoxy) is 2. The third-order valence-corrected chi connectivity index (χ3v) is 3.92. The lowest BCUT2D eigenvalue weighted by Gasteiger charge is -2.43. The Morgan fingerprint density at radius 3 is 2.83 bits per heavy atom. The quantitative estimate of drug-likeness (QED) is 0.741. The molecule has 2 fully saturated rings. The van der Waals surface area contributed by atoms with Crippen molar-refractivity contribution in [2.75, 3.05) is 46.0 Å². The third-order valence-electron chi connectivity index (χ3n) is 3.92. The molecule has 0 amide bonds. The van der Waals surface area contributed by atoms with Crippen molar-refractivity contribution in [3.8, 4) is 0 Å². The van der Waals surface area contributed by atoms with Crippen LogP contribution in [0.1, 0.15) is 26.2 Å². The van der Waals surface area contributed by atoms with Gasteiger partial charge in [-0.1, -0.05) is 0 Å². The van der Waals surface area contributed by atoms with Crippen molar-refractivity contribution < 1.29 is 14.3 Å². The summed E-state index contributed by atoms with van der Waals surface area (Å²) >= 11 is 0. The number of hydrogen-bond donors (Lipinski definition) is 1. The first kappa shape index (κ1) is 13.8. The Morgan fingerprint density at radius 2 is 2.11 bits per heavy atom. The fraction of sp³-hybridized carbons (Fsp3) is 0.923. The van der Waals surface area contributed by atoms with Crippen LogP contribution in [0.25, 0.3) is 0 Å². The van der Waals surface area contributed by atoms with Gasteiger partial charge in [-0.05, 0) is 26.2 Å². The number of carbonyl (C=O) groups is 1. The van der Waals surface area contributed by atoms with E-state index < -0.39 is 5.54 Å². The van der Waals surface area contributed by atoms with Gasteiger partial charge in [0.1, 0.15) is 5.54 Å². The molecule has 2 saturated heterocycles. The van der Waals surface area contributed by atoms with Gasteiger partial charge in [-0.2, -0.15) is 0 Å². The van der Waals surface area contributed by atoms with Crippen molar-refractivity contribution >= 4 is 5.97 Å². The van der Waals surface area contributed by atoms with Crippen LogP contribution >= 0.6 is 0 Å². The highest BCUT2D eigenvalue weighted by Gasteiger charge is 2.45. The number of piperazine rings is 1. The van der Waals surface area contributed by atoms with Gasteiger partial charge in [0.15, 0.2) is 0 Å². The molecule has 0 aromatic rings. The zero-order chi connectivity index (χ0) is 12.8. The van der Waals surface area contributed by atoms with Crippen LogP contribution in [0.4, 0.5) is 0 Å². The Bertz CT molecular complexity index is 269. The van der Waals surface area contributed by atoms with E-state index in [1.165, 1.54) is 0 Å². The first-order chi connectivity index (χ1) is 8.79. The molecule has 2 rings (SSSR count). The zero-order valence-corrected chi connectivity index (χ0v) is 11.2. The third kappa shape index (κ3) is 2.84. The summed E-state index contributed by atoms with van der Waals surface area (Å²) in [6.07, 6.45) is 2.54. The molecule has 5 heteroatoms. The minimum absolute atomic E-state index is 0.0580. The first-order valence-corrected chi connectivity index (χ1v) is 7.00. The normalized spacial score (nSPS) is 30.7. The molecule has 2 aliphatic rings. The van der Waals surface area contributed by atoms with E-state index in [1.807, 2.05) is 6.92 Å². The van der Waals surface area contributed by atoms with Gasteiger partial charge in [0.25, 0.3) is 0 Å². The van der Waals surface area contributed by atoms with Gasteiger partial charge in [-0.15, -0.1) is 0 Å². The minimum atomic E-state index is -0.450. The van der Waals surface area contributed by atoms with Crippen LogP contribution in [-0.2, 0) is 14.3 Å². The predicted octanol–water partition coefficient (Wildman–Crippen LogP) is 0.394. The summed E-state index contributed by atoms with van der Waals surface area (Å²) in [6.45, 7) is 7.46. The topological polar surface area (TPSA) is 50.8 Å². The van der Waals surface area contributed by atoms with Crippen LogP contribution in [0.2, 0.25) is 0 Å². The summed E-state index contributed by atoms with van der Waals surface area (Å²) in [7, 11) is 0. The Labute approximate surface area is 109 Å². The molecular formula is C13H24N2O3. The molecule has 0 radical (unpaired) electrons. The van der Waals surface area contributed by atoms with Crippen molar-refractivity contribution in [2.24, 2.45) is 0 Å². The van der Waals surface area contributed by atoms with Gasteiger partial charge in [-0.3, -0.25) is 9.69 Å². The van der Waals surface area contributed by atoms with Gasteiger partial charge in [0, 0.05) is 39.4 Å². The van der Waals surface area contributed by atoms with Crippen LogP contribution < -0.4 is 5.32 Å². The molecule has 1 unspecified atom stereocenters. The summed E-state index contributed by atoms with van der Waals surface area (Å²) in [6, 6.07) is 0. The molecule has 104 valence electrons. The number of hydrogen-bond acceptors (Lipinski definition) is 5. The second kappa shape index (κ2) is 6.50. The Balaban J connectivity index is 2.16. The molecule has 2 aliphatic heterocycles. The first-order valence-electron chi connectivity index (χ1n) is 7.00. The average molecular weight is 256 g/mol. The maximum absolute atomic E-state index is 12.4. The lowest BCUT2D eigenvalue weighted by molar-refractivity contribution is -0.160. The van der Waals surface area contributed by atoms with Crippen LogP contribution in [0.15, 0.2) is 0 Å². The molecule has 0 aromatic carbocycles. The highest BCUT2D eigenvalue weighted by molar-refractivity contribution is 5.81. The second-order valence-corrected chi connectivity index (χ2v) is 4.96. The van der Waals surface area contributed by atoms with Crippen molar-refractivity contribution in [3.63, 3.8) is 0 Å². The zero-order valence-electron chi connectivity index (χ0n) is 11.2. The predicted molar refractivity (Wildman–Crippen MR) is 68.5 cm³/mol. The van der Waals surface area contributed by atoms with E-state index in [9.17, 15) is 4.79 Å². The summed E-state index contributed by atoms with van der Waals surface area (Å²) in [5, 5.41) is 3.33. The highest BCUT2D eigenvalue weighted by Crippen LogP contribution is 2.30. The van der Waals surface area contributed by atoms with E-state index in [1.54, 1.807) is 0 Å². The molecule has 0 spiro atoms. The summed E-state index contributed by atoms with van der Waals surface area (Å²) < 4.78 is 10.9. The van der Waals surface area contributed by atoms with E-state index >= 15 is 0 Å². The second-order valence-electron chi connectivity index (χ2n) is 4.96. The Hall–Kier alpha value is -0.650. The monoisotopic (exact) mass is 256 g/mol. The van der Waals surface area contributed by atoms with Crippen LogP contribution in [0.5, 0.6) is 0 Å². The fourth-order valence-corrected chi connectivity index (χ4v) is 2.94. The minimum Gasteiger partial charge on any atom is -0.465 e. The van der Waals surface area contributed by atoms with E-state index in [0.717, 1.165) is 52.0 Å². The van der Waals surface area contributed by atoms with Gasteiger partial charge in [0.2, 0.25) is 0 Å². The van der Waals surface area contributed by atoms with E-state index in [2.05, 4.69) is 10.2 Å². The number of nitrogens with zero attached hydrogens (tertiary/aromatic N) is 1. The van der Waals surface area contributed by atoms with Crippen molar-refractivity contribution in [1.82, 2.24) is 10.2 Å². The summed E-state index contributed by atoms with van der Waals surface area (Å²) in [5.41, 5.74) is -0.450. The Kier molecular flexibility index (Phi) is 4.97. The molecule has 0 aromatic heterocycles. The maximum atomic E-state index is 12.4. The number of carbonyl (C=O) groups excluding carboxylic acids is 1. The summed E-state index contributed by atoms with van der Waals surface area (Å²) in [5.74, 6) is -0.0580. The van der Waals surface area contributed by atoms with E-state index in [-0.39, 0.29) is 5.97 Å². The van der Waals surface area contributed by atoms with Gasteiger partial charge in [-0.25, -0.2) is 0 Å². The van der Waals surface area contributed by atoms with Crippen LogP contribution in [0, 0.1) is 0 Å². The van der Waals surface area contributed by atoms with Crippen molar-refractivity contribution in [1.29, 1.82) is 0 Å². The van der Waals surface area contributed by atoms with Crippen LogP contribution in [-0.4, -0.2) is 62.4 Å². The molecule has 18 heavy (non-hydrogen) atoms. The molecule has 0 aliphatic carbocycles. The largest absolute Gasteiger partial charge is 0.465 e. The smallest absolute Gasteiger partial charge is 0.326 e. The maximum Gasteiger partial charge on any atom is 0.326 e. The lowest BCUT2D eigenvalue weighted by Crippen LogP contribution is -2.60. The van der Waals surface area contributed by atoms with E-state index in [4.69, 9.17) is 9.47 Å². The molecule has 5 nitrogen and oxygen atoms in total. The number of rotatable bonds is 3. The highest BCUT2D eigenvalue weighted by atomic mass is 16.5. The number of esters is 1.